The smallest absolute Gasteiger partial charge is 0.304 e. The molecule has 8 heteroatoms. The van der Waals surface area contributed by atoms with Crippen LogP contribution in [0.2, 0.25) is 0 Å². The standard InChI is InChI=1S/C12H24N2O4S2/c1-14(9-6-11(15)16)20(17,18)13-10-12(19-2)7-4-3-5-8-12/h13H,3-10H2,1-2H3,(H,15,16). The lowest BCUT2D eigenvalue weighted by atomic mass is 9.88. The highest BCUT2D eigenvalue weighted by atomic mass is 32.2. The first-order chi connectivity index (χ1) is 9.31. The zero-order valence-corrected chi connectivity index (χ0v) is 13.7. The minimum absolute atomic E-state index is 0.0149. The average molecular weight is 324 g/mol. The Morgan fingerprint density at radius 2 is 1.95 bits per heavy atom. The van der Waals surface area contributed by atoms with Gasteiger partial charge in [-0.15, -0.1) is 0 Å². The molecule has 0 aliphatic heterocycles. The SMILES string of the molecule is CSC1(CNS(=O)(=O)N(C)CCC(=O)O)CCCCC1. The van der Waals surface area contributed by atoms with Crippen LogP contribution in [0.1, 0.15) is 38.5 Å². The molecule has 20 heavy (non-hydrogen) atoms. The Balaban J connectivity index is 2.54. The van der Waals surface area contributed by atoms with Gasteiger partial charge in [0.2, 0.25) is 0 Å². The second-order valence-corrected chi connectivity index (χ2v) is 8.38. The van der Waals surface area contributed by atoms with Gasteiger partial charge in [-0.1, -0.05) is 19.3 Å². The van der Waals surface area contributed by atoms with Crippen LogP contribution in [0, 0.1) is 0 Å². The van der Waals surface area contributed by atoms with E-state index in [1.54, 1.807) is 11.8 Å². The highest BCUT2D eigenvalue weighted by Crippen LogP contribution is 2.38. The Labute approximate surface area is 125 Å². The van der Waals surface area contributed by atoms with Crippen LogP contribution in [0.5, 0.6) is 0 Å². The molecule has 2 N–H and O–H groups in total. The van der Waals surface area contributed by atoms with Crippen LogP contribution in [0.25, 0.3) is 0 Å². The van der Waals surface area contributed by atoms with E-state index in [0.717, 1.165) is 30.0 Å². The fourth-order valence-corrected chi connectivity index (χ4v) is 4.37. The van der Waals surface area contributed by atoms with Gasteiger partial charge < -0.3 is 5.11 Å². The lowest BCUT2D eigenvalue weighted by molar-refractivity contribution is -0.137. The Kier molecular flexibility index (Phi) is 6.77. The summed E-state index contributed by atoms with van der Waals surface area (Å²) in [7, 11) is -2.20. The fourth-order valence-electron chi connectivity index (χ4n) is 2.36. The topological polar surface area (TPSA) is 86.7 Å². The number of nitrogens with zero attached hydrogens (tertiary/aromatic N) is 1. The molecule has 1 fully saturated rings. The van der Waals surface area contributed by atoms with E-state index >= 15 is 0 Å². The zero-order chi connectivity index (χ0) is 15.2. The molecule has 0 radical (unpaired) electrons. The van der Waals surface area contributed by atoms with E-state index in [1.807, 2.05) is 6.26 Å². The quantitative estimate of drug-likeness (QED) is 0.702. The lowest BCUT2D eigenvalue weighted by Crippen LogP contribution is -2.46. The predicted octanol–water partition coefficient (Wildman–Crippen LogP) is 1.29. The van der Waals surface area contributed by atoms with Gasteiger partial charge in [-0.3, -0.25) is 4.79 Å². The van der Waals surface area contributed by atoms with Crippen molar-refractivity contribution in [2.24, 2.45) is 0 Å². The van der Waals surface area contributed by atoms with Crippen molar-refractivity contribution in [3.63, 3.8) is 0 Å². The summed E-state index contributed by atoms with van der Waals surface area (Å²) in [5.74, 6) is -1.00. The molecule has 1 aliphatic rings. The fraction of sp³-hybridized carbons (Fsp3) is 0.917. The van der Waals surface area contributed by atoms with Crippen molar-refractivity contribution >= 4 is 27.9 Å². The lowest BCUT2D eigenvalue weighted by Gasteiger charge is -2.36. The summed E-state index contributed by atoms with van der Waals surface area (Å²) in [6, 6.07) is 0. The average Bonchev–Trinajstić information content (AvgIpc) is 2.43. The maximum absolute atomic E-state index is 12.1. The van der Waals surface area contributed by atoms with Crippen LogP contribution in [0.15, 0.2) is 0 Å². The molecule has 1 aliphatic carbocycles. The van der Waals surface area contributed by atoms with Gasteiger partial charge >= 0.3 is 5.97 Å². The molecule has 0 aromatic heterocycles. The van der Waals surface area contributed by atoms with Crippen molar-refractivity contribution < 1.29 is 18.3 Å². The van der Waals surface area contributed by atoms with E-state index < -0.39 is 16.2 Å². The Bertz CT molecular complexity index is 419. The molecule has 0 aromatic rings. The number of thioether (sulfide) groups is 1. The van der Waals surface area contributed by atoms with Crippen molar-refractivity contribution in [2.45, 2.75) is 43.3 Å². The molecule has 0 heterocycles. The molecular formula is C12H24N2O4S2. The number of nitrogens with one attached hydrogen (secondary N) is 1. The number of rotatable bonds is 8. The molecule has 1 saturated carbocycles. The third kappa shape index (κ3) is 5.23. The minimum Gasteiger partial charge on any atom is -0.481 e. The molecule has 1 rings (SSSR count). The molecule has 0 atom stereocenters. The van der Waals surface area contributed by atoms with Gasteiger partial charge in [0.1, 0.15) is 0 Å². The molecule has 6 nitrogen and oxygen atoms in total. The first-order valence-corrected chi connectivity index (χ1v) is 9.46. The number of carbonyl (C=O) groups is 1. The summed E-state index contributed by atoms with van der Waals surface area (Å²) in [4.78, 5) is 10.5. The van der Waals surface area contributed by atoms with Gasteiger partial charge in [0.25, 0.3) is 10.2 Å². The third-order valence-corrected chi connectivity index (χ3v) is 6.76. The normalized spacial score (nSPS) is 19.1. The predicted molar refractivity (Wildman–Crippen MR) is 81.1 cm³/mol. The van der Waals surface area contributed by atoms with E-state index in [9.17, 15) is 13.2 Å². The maximum atomic E-state index is 12.1. The molecule has 0 amide bonds. The molecule has 0 bridgehead atoms. The highest BCUT2D eigenvalue weighted by Gasteiger charge is 2.33. The first-order valence-electron chi connectivity index (χ1n) is 6.79. The van der Waals surface area contributed by atoms with Gasteiger partial charge in [0, 0.05) is 24.9 Å². The van der Waals surface area contributed by atoms with E-state index in [2.05, 4.69) is 4.72 Å². The maximum Gasteiger partial charge on any atom is 0.304 e. The summed E-state index contributed by atoms with van der Waals surface area (Å²) in [5, 5.41) is 8.60. The van der Waals surface area contributed by atoms with Gasteiger partial charge in [-0.05, 0) is 19.1 Å². The van der Waals surface area contributed by atoms with Crippen LogP contribution in [-0.4, -0.2) is 54.9 Å². The van der Waals surface area contributed by atoms with Crippen LogP contribution in [0.3, 0.4) is 0 Å². The van der Waals surface area contributed by atoms with Gasteiger partial charge in [-0.2, -0.15) is 24.5 Å². The van der Waals surface area contributed by atoms with E-state index in [4.69, 9.17) is 5.11 Å². The first kappa shape index (κ1) is 17.7. The van der Waals surface area contributed by atoms with E-state index in [0.29, 0.717) is 6.54 Å². The van der Waals surface area contributed by atoms with Crippen LogP contribution in [-0.2, 0) is 15.0 Å². The number of hydrogen-bond donors (Lipinski definition) is 2. The highest BCUT2D eigenvalue weighted by molar-refractivity contribution is 8.00. The summed E-state index contributed by atoms with van der Waals surface area (Å²) in [6.45, 7) is 0.394. The summed E-state index contributed by atoms with van der Waals surface area (Å²) in [6.07, 6.45) is 7.37. The number of aliphatic carboxylic acids is 1. The van der Waals surface area contributed by atoms with E-state index in [-0.39, 0.29) is 17.7 Å². The van der Waals surface area contributed by atoms with Crippen LogP contribution < -0.4 is 4.72 Å². The van der Waals surface area contributed by atoms with E-state index in [1.165, 1.54) is 13.5 Å². The Morgan fingerprint density at radius 1 is 1.35 bits per heavy atom. The number of hydrogen-bond acceptors (Lipinski definition) is 4. The summed E-state index contributed by atoms with van der Waals surface area (Å²) in [5.41, 5.74) is 0. The Morgan fingerprint density at radius 3 is 2.45 bits per heavy atom. The van der Waals surface area contributed by atoms with Crippen molar-refractivity contribution in [3.05, 3.63) is 0 Å². The molecule has 0 spiro atoms. The molecule has 0 saturated heterocycles. The van der Waals surface area contributed by atoms with Crippen molar-refractivity contribution in [1.82, 2.24) is 9.03 Å². The molecule has 0 unspecified atom stereocenters. The van der Waals surface area contributed by atoms with Crippen LogP contribution in [0.4, 0.5) is 0 Å². The zero-order valence-electron chi connectivity index (χ0n) is 12.1. The van der Waals surface area contributed by atoms with Crippen molar-refractivity contribution in [1.29, 1.82) is 0 Å². The molecule has 118 valence electrons. The monoisotopic (exact) mass is 324 g/mol. The van der Waals surface area contributed by atoms with Crippen molar-refractivity contribution in [2.75, 3.05) is 26.4 Å². The van der Waals surface area contributed by atoms with Crippen LogP contribution >= 0.6 is 11.8 Å². The third-order valence-electron chi connectivity index (χ3n) is 3.83. The number of carboxylic acid groups (broad SMARTS) is 1. The molecule has 0 aromatic carbocycles. The second kappa shape index (κ2) is 7.63. The van der Waals surface area contributed by atoms with Gasteiger partial charge in [0.15, 0.2) is 0 Å². The van der Waals surface area contributed by atoms with Crippen molar-refractivity contribution in [3.8, 4) is 0 Å². The van der Waals surface area contributed by atoms with Gasteiger partial charge in [-0.25, -0.2) is 4.72 Å². The molecular weight excluding hydrogens is 300 g/mol. The van der Waals surface area contributed by atoms with Gasteiger partial charge in [0.05, 0.1) is 6.42 Å². The number of carboxylic acids is 1. The minimum atomic E-state index is -3.60. The summed E-state index contributed by atoms with van der Waals surface area (Å²) < 4.78 is 27.8. The summed E-state index contributed by atoms with van der Waals surface area (Å²) >= 11 is 1.72. The largest absolute Gasteiger partial charge is 0.481 e. The second-order valence-electron chi connectivity index (χ2n) is 5.24. The Hall–Kier alpha value is -0.310.